The van der Waals surface area contributed by atoms with Gasteiger partial charge in [-0.15, -0.1) is 0 Å². The first kappa shape index (κ1) is 40.2. The number of rotatable bonds is 5. The van der Waals surface area contributed by atoms with Crippen molar-refractivity contribution in [1.29, 1.82) is 0 Å². The van der Waals surface area contributed by atoms with Crippen molar-refractivity contribution in [3.05, 3.63) is 203 Å². The fourth-order valence-electron chi connectivity index (χ4n) is 11.0. The third-order valence-corrected chi connectivity index (χ3v) is 14.7. The fraction of sp³-hybridized carbons (Fsp3) is 0.226. The molecule has 0 N–H and O–H groups in total. The van der Waals surface area contributed by atoms with E-state index >= 15 is 0 Å². The molecule has 2 heteroatoms. The highest BCUT2D eigenvalue weighted by atomic mass is 15.1. The maximum Gasteiger partial charge on any atom is 0.0546 e. The van der Waals surface area contributed by atoms with E-state index in [4.69, 9.17) is 0 Å². The Kier molecular flexibility index (Phi) is 8.74. The van der Waals surface area contributed by atoms with E-state index < -0.39 is 0 Å². The van der Waals surface area contributed by atoms with Crippen LogP contribution in [0, 0.1) is 0 Å². The third-order valence-electron chi connectivity index (χ3n) is 14.7. The van der Waals surface area contributed by atoms with Crippen LogP contribution >= 0.6 is 0 Å². The summed E-state index contributed by atoms with van der Waals surface area (Å²) in [6, 6.07) is 64.3. The summed E-state index contributed by atoms with van der Waals surface area (Å²) in [6.07, 6.45) is 0. The van der Waals surface area contributed by atoms with E-state index in [0.717, 1.165) is 11.4 Å². The number of para-hydroxylation sites is 2. The zero-order valence-corrected chi connectivity index (χ0v) is 39.1. The molecule has 316 valence electrons. The third kappa shape index (κ3) is 6.06. The number of nitrogens with zero attached hydrogens (tertiary/aromatic N) is 2. The van der Waals surface area contributed by atoms with Crippen molar-refractivity contribution in [3.63, 3.8) is 0 Å². The molecule has 0 unspecified atom stereocenters. The van der Waals surface area contributed by atoms with Crippen molar-refractivity contribution >= 4 is 38.9 Å². The number of anilines is 3. The summed E-state index contributed by atoms with van der Waals surface area (Å²) < 4.78 is 2.39. The molecule has 0 saturated heterocycles. The number of aromatic nitrogens is 1. The zero-order chi connectivity index (χ0) is 44.5. The predicted molar refractivity (Wildman–Crippen MR) is 273 cm³/mol. The molecule has 0 saturated carbocycles. The fourth-order valence-corrected chi connectivity index (χ4v) is 11.0. The summed E-state index contributed by atoms with van der Waals surface area (Å²) in [5.74, 6) is 0. The van der Waals surface area contributed by atoms with E-state index in [2.05, 4.69) is 249 Å². The first-order valence-electron chi connectivity index (χ1n) is 23.1. The van der Waals surface area contributed by atoms with Crippen molar-refractivity contribution in [1.82, 2.24) is 4.57 Å². The molecule has 2 nitrogen and oxygen atoms in total. The molecule has 64 heavy (non-hydrogen) atoms. The highest BCUT2D eigenvalue weighted by molar-refractivity contribution is 6.09. The highest BCUT2D eigenvalue weighted by Gasteiger charge is 2.41. The molecule has 11 rings (SSSR count). The zero-order valence-electron chi connectivity index (χ0n) is 39.1. The number of benzene rings is 8. The molecule has 0 spiro atoms. The molecule has 0 aliphatic heterocycles. The average Bonchev–Trinajstić information content (AvgIpc) is 3.83. The van der Waals surface area contributed by atoms with E-state index in [1.807, 2.05) is 0 Å². The van der Waals surface area contributed by atoms with Crippen LogP contribution < -0.4 is 4.90 Å². The van der Waals surface area contributed by atoms with Crippen LogP contribution in [-0.4, -0.2) is 4.57 Å². The van der Waals surface area contributed by atoms with Gasteiger partial charge in [-0.05, 0) is 127 Å². The van der Waals surface area contributed by atoms with Crippen LogP contribution in [0.5, 0.6) is 0 Å². The van der Waals surface area contributed by atoms with Gasteiger partial charge in [0.2, 0.25) is 0 Å². The molecule has 2 aliphatic carbocycles. The van der Waals surface area contributed by atoms with E-state index in [9.17, 15) is 0 Å². The van der Waals surface area contributed by atoms with Gasteiger partial charge in [-0.1, -0.05) is 184 Å². The lowest BCUT2D eigenvalue weighted by molar-refractivity contribution is 0.580. The second-order valence-electron chi connectivity index (χ2n) is 21.5. The first-order chi connectivity index (χ1) is 30.5. The molecule has 0 bridgehead atoms. The molecule has 0 fully saturated rings. The summed E-state index contributed by atoms with van der Waals surface area (Å²) in [5.41, 5.74) is 22.9. The Balaban J connectivity index is 1.08. The minimum atomic E-state index is -0.176. The van der Waals surface area contributed by atoms with Crippen LogP contribution in [0.2, 0.25) is 0 Å². The summed E-state index contributed by atoms with van der Waals surface area (Å²) in [4.78, 5) is 2.56. The summed E-state index contributed by atoms with van der Waals surface area (Å²) in [6.45, 7) is 23.7. The van der Waals surface area contributed by atoms with E-state index in [1.54, 1.807) is 0 Å². The lowest BCUT2D eigenvalue weighted by Gasteiger charge is -2.33. The van der Waals surface area contributed by atoms with Gasteiger partial charge in [-0.2, -0.15) is 0 Å². The van der Waals surface area contributed by atoms with Gasteiger partial charge in [0.1, 0.15) is 0 Å². The number of hydrogen-bond donors (Lipinski definition) is 0. The topological polar surface area (TPSA) is 8.17 Å². The maximum atomic E-state index is 2.56. The predicted octanol–water partition coefficient (Wildman–Crippen LogP) is 17.1. The average molecular weight is 831 g/mol. The molecule has 1 heterocycles. The monoisotopic (exact) mass is 830 g/mol. The van der Waals surface area contributed by atoms with Gasteiger partial charge in [0, 0.05) is 44.2 Å². The van der Waals surface area contributed by atoms with E-state index in [1.165, 1.54) is 99.9 Å². The minimum Gasteiger partial charge on any atom is -0.310 e. The van der Waals surface area contributed by atoms with Crippen LogP contribution in [0.4, 0.5) is 17.1 Å². The van der Waals surface area contributed by atoms with Gasteiger partial charge < -0.3 is 9.47 Å². The molecule has 2 aliphatic rings. The first-order valence-corrected chi connectivity index (χ1v) is 23.1. The van der Waals surface area contributed by atoms with Gasteiger partial charge in [-0.25, -0.2) is 0 Å². The molecule has 1 aromatic heterocycles. The van der Waals surface area contributed by atoms with Crippen LogP contribution in [0.15, 0.2) is 170 Å². The highest BCUT2D eigenvalue weighted by Crippen LogP contribution is 2.57. The van der Waals surface area contributed by atoms with Gasteiger partial charge in [0.05, 0.1) is 16.7 Å². The number of fused-ring (bicyclic) bond motifs is 9. The van der Waals surface area contributed by atoms with Crippen LogP contribution in [-0.2, 0) is 21.7 Å². The van der Waals surface area contributed by atoms with Gasteiger partial charge >= 0.3 is 0 Å². The Morgan fingerprint density at radius 2 is 0.906 bits per heavy atom. The Bertz CT molecular complexity index is 3270. The molecule has 0 radical (unpaired) electrons. The van der Waals surface area contributed by atoms with Gasteiger partial charge in [-0.3, -0.25) is 0 Å². The second kappa shape index (κ2) is 13.9. The lowest BCUT2D eigenvalue weighted by atomic mass is 9.77. The van der Waals surface area contributed by atoms with Crippen molar-refractivity contribution < 1.29 is 0 Å². The Hall–Kier alpha value is -6.64. The quantitative estimate of drug-likeness (QED) is 0.168. The van der Waals surface area contributed by atoms with Crippen LogP contribution in [0.3, 0.4) is 0 Å². The summed E-state index contributed by atoms with van der Waals surface area (Å²) in [7, 11) is 0. The van der Waals surface area contributed by atoms with Crippen molar-refractivity contribution in [3.8, 4) is 39.1 Å². The second-order valence-corrected chi connectivity index (χ2v) is 21.5. The van der Waals surface area contributed by atoms with E-state index in [0.29, 0.717) is 0 Å². The summed E-state index contributed by atoms with van der Waals surface area (Å²) in [5, 5.41) is 2.55. The molecule has 8 aromatic carbocycles. The smallest absolute Gasteiger partial charge is 0.0546 e. The Morgan fingerprint density at radius 3 is 1.55 bits per heavy atom. The number of hydrogen-bond acceptors (Lipinski definition) is 1. The van der Waals surface area contributed by atoms with Crippen molar-refractivity contribution in [2.45, 2.75) is 90.9 Å². The Morgan fingerprint density at radius 1 is 0.406 bits per heavy atom. The minimum absolute atomic E-state index is 0.0488. The van der Waals surface area contributed by atoms with Gasteiger partial charge in [0.25, 0.3) is 0 Å². The van der Waals surface area contributed by atoms with Gasteiger partial charge in [0.15, 0.2) is 0 Å². The van der Waals surface area contributed by atoms with Crippen molar-refractivity contribution in [2.24, 2.45) is 0 Å². The van der Waals surface area contributed by atoms with E-state index in [-0.39, 0.29) is 21.7 Å². The van der Waals surface area contributed by atoms with Crippen LogP contribution in [0.1, 0.15) is 103 Å². The lowest BCUT2D eigenvalue weighted by Crippen LogP contribution is -2.20. The normalized spacial score (nSPS) is 14.7. The largest absolute Gasteiger partial charge is 0.310 e. The van der Waals surface area contributed by atoms with Crippen LogP contribution in [0.25, 0.3) is 60.9 Å². The Labute approximate surface area is 379 Å². The molecule has 9 aromatic rings. The molecule has 0 atom stereocenters. The molecular weight excluding hydrogens is 773 g/mol. The molecule has 0 amide bonds. The SMILES string of the molecule is CC(C)(C)c1ccc2c(c1)C(C)(C)c1cc(C(C)(C)C)cc(N(c3ccc(-c4ccc(-n5c6ccccc6c6ccccc65)cc4)cc3)c3ccc4c(c3)C(C)(C)c3ccccc3-4)c1-2. The maximum absolute atomic E-state index is 2.56. The molecular formula is C62H58N2. The standard InChI is InChI=1S/C62H58N2/c1-59(2,3)41-27-33-50-52(35-41)62(9,10)54-36-42(60(4,5)6)37-57(58(50)54)63(45-32-34-47-46-17-11-14-20-51(46)61(7,8)53(47)38-45)43-28-23-39(24-29-43)40-25-30-44(31-26-40)64-55-21-15-12-18-48(55)49-19-13-16-22-56(49)64/h11-38H,1-10H3. The summed E-state index contributed by atoms with van der Waals surface area (Å²) >= 11 is 0. The van der Waals surface area contributed by atoms with Crippen molar-refractivity contribution in [2.75, 3.05) is 4.90 Å².